The molecule has 0 bridgehead atoms. The maximum atomic E-state index is 13.0. The molecule has 8 heteroatoms. The standard InChI is InChI=1S/C20H21N3O5/c1-20(2)7-12-16(15(26)8-20)17(10-4-5-13(24)14(25)6-10)23-18(22-12)11(9-21-23)19(27)28-3/h4-6,9,17,22,24-25H,7-8H2,1-3H3/t17-/m1/s1. The number of ether oxygens (including phenoxy) is 1. The van der Waals surface area contributed by atoms with Crippen molar-refractivity contribution in [2.45, 2.75) is 32.7 Å². The van der Waals surface area contributed by atoms with Crippen LogP contribution >= 0.6 is 0 Å². The molecule has 0 amide bonds. The van der Waals surface area contributed by atoms with Crippen molar-refractivity contribution in [1.82, 2.24) is 9.78 Å². The number of aromatic nitrogens is 2. The zero-order valence-corrected chi connectivity index (χ0v) is 15.8. The summed E-state index contributed by atoms with van der Waals surface area (Å²) < 4.78 is 6.39. The molecular weight excluding hydrogens is 362 g/mol. The smallest absolute Gasteiger partial charge is 0.343 e. The first-order valence-electron chi connectivity index (χ1n) is 8.93. The molecular formula is C20H21N3O5. The third-order valence-corrected chi connectivity index (χ3v) is 5.22. The number of esters is 1. The van der Waals surface area contributed by atoms with E-state index in [9.17, 15) is 19.8 Å². The van der Waals surface area contributed by atoms with E-state index >= 15 is 0 Å². The van der Waals surface area contributed by atoms with Crippen LogP contribution in [-0.4, -0.2) is 38.9 Å². The lowest BCUT2D eigenvalue weighted by atomic mass is 9.73. The molecule has 0 radical (unpaired) electrons. The van der Waals surface area contributed by atoms with Gasteiger partial charge < -0.3 is 20.3 Å². The van der Waals surface area contributed by atoms with Crippen LogP contribution in [0.1, 0.15) is 48.7 Å². The summed E-state index contributed by atoms with van der Waals surface area (Å²) in [7, 11) is 1.29. The minimum atomic E-state index is -0.625. The molecule has 1 aromatic heterocycles. The second kappa shape index (κ2) is 6.12. The number of nitrogens with one attached hydrogen (secondary N) is 1. The van der Waals surface area contributed by atoms with E-state index in [2.05, 4.69) is 10.4 Å². The predicted molar refractivity (Wildman–Crippen MR) is 100 cm³/mol. The zero-order chi connectivity index (χ0) is 20.2. The number of methoxy groups -OCH3 is 1. The molecule has 0 saturated carbocycles. The van der Waals surface area contributed by atoms with Gasteiger partial charge in [-0.3, -0.25) is 4.79 Å². The Kier molecular flexibility index (Phi) is 3.95. The minimum Gasteiger partial charge on any atom is -0.504 e. The molecule has 8 nitrogen and oxygen atoms in total. The van der Waals surface area contributed by atoms with Crippen LogP contribution in [0.5, 0.6) is 11.5 Å². The number of phenols is 2. The molecule has 1 aliphatic heterocycles. The Hall–Kier alpha value is -3.29. The van der Waals surface area contributed by atoms with Gasteiger partial charge in [0.25, 0.3) is 0 Å². The summed E-state index contributed by atoms with van der Waals surface area (Å²) in [5.74, 6) is -0.653. The average Bonchev–Trinajstić information content (AvgIpc) is 3.04. The quantitative estimate of drug-likeness (QED) is 0.540. The van der Waals surface area contributed by atoms with E-state index in [0.717, 1.165) is 5.70 Å². The summed E-state index contributed by atoms with van der Waals surface area (Å²) in [5, 5.41) is 27.2. The summed E-state index contributed by atoms with van der Waals surface area (Å²) in [4.78, 5) is 25.2. The zero-order valence-electron chi connectivity index (χ0n) is 15.8. The molecule has 0 spiro atoms. The largest absolute Gasteiger partial charge is 0.504 e. The molecule has 146 valence electrons. The molecule has 3 N–H and O–H groups in total. The number of allylic oxidation sites excluding steroid dienone is 2. The van der Waals surface area contributed by atoms with Gasteiger partial charge in [-0.05, 0) is 29.5 Å². The Morgan fingerprint density at radius 3 is 2.71 bits per heavy atom. The van der Waals surface area contributed by atoms with Crippen LogP contribution in [0.3, 0.4) is 0 Å². The predicted octanol–water partition coefficient (Wildman–Crippen LogP) is 2.74. The number of aromatic hydroxyl groups is 2. The first-order chi connectivity index (χ1) is 13.2. The second-order valence-electron chi connectivity index (χ2n) is 7.95. The number of carbonyl (C=O) groups is 2. The topological polar surface area (TPSA) is 114 Å². The SMILES string of the molecule is COC(=O)c1cnn2c1NC1=C(C(=O)CC(C)(C)C1)[C@H]2c1ccc(O)c(O)c1. The van der Waals surface area contributed by atoms with Gasteiger partial charge in [0.15, 0.2) is 17.3 Å². The van der Waals surface area contributed by atoms with E-state index in [0.29, 0.717) is 29.8 Å². The number of rotatable bonds is 2. The lowest BCUT2D eigenvalue weighted by molar-refractivity contribution is -0.118. The van der Waals surface area contributed by atoms with Crippen LogP contribution < -0.4 is 5.32 Å². The van der Waals surface area contributed by atoms with Crippen LogP contribution in [0.25, 0.3) is 0 Å². The number of nitrogens with zero attached hydrogens (tertiary/aromatic N) is 2. The number of benzene rings is 1. The van der Waals surface area contributed by atoms with Crippen molar-refractivity contribution in [3.05, 3.63) is 46.8 Å². The number of phenolic OH excluding ortho intramolecular Hbond substituents is 2. The second-order valence-corrected chi connectivity index (χ2v) is 7.95. The lowest BCUT2D eigenvalue weighted by Crippen LogP contribution is -2.36. The van der Waals surface area contributed by atoms with Crippen LogP contribution in [0, 0.1) is 5.41 Å². The molecule has 2 heterocycles. The fourth-order valence-corrected chi connectivity index (χ4v) is 3.99. The summed E-state index contributed by atoms with van der Waals surface area (Å²) in [6.45, 7) is 4.04. The number of hydrogen-bond acceptors (Lipinski definition) is 7. The molecule has 0 fully saturated rings. The molecule has 28 heavy (non-hydrogen) atoms. The van der Waals surface area contributed by atoms with Gasteiger partial charge in [0.05, 0.1) is 13.3 Å². The van der Waals surface area contributed by atoms with Crippen molar-refractivity contribution in [1.29, 1.82) is 0 Å². The van der Waals surface area contributed by atoms with E-state index in [-0.39, 0.29) is 28.3 Å². The first kappa shape index (κ1) is 18.1. The van der Waals surface area contributed by atoms with Crippen molar-refractivity contribution in [3.8, 4) is 11.5 Å². The molecule has 4 rings (SSSR count). The van der Waals surface area contributed by atoms with Gasteiger partial charge in [-0.25, -0.2) is 9.48 Å². The third kappa shape index (κ3) is 2.72. The number of carbonyl (C=O) groups excluding carboxylic acids is 2. The third-order valence-electron chi connectivity index (χ3n) is 5.22. The van der Waals surface area contributed by atoms with E-state index in [1.807, 2.05) is 13.8 Å². The molecule has 1 atom stereocenters. The lowest BCUT2D eigenvalue weighted by Gasteiger charge is -2.39. The van der Waals surface area contributed by atoms with Crippen LogP contribution in [0.4, 0.5) is 5.82 Å². The van der Waals surface area contributed by atoms with Gasteiger partial charge in [-0.15, -0.1) is 0 Å². The molecule has 0 saturated heterocycles. The highest BCUT2D eigenvalue weighted by Gasteiger charge is 2.42. The minimum absolute atomic E-state index is 0.0166. The fraction of sp³-hybridized carbons (Fsp3) is 0.350. The summed E-state index contributed by atoms with van der Waals surface area (Å²) in [6.07, 6.45) is 2.41. The normalized spacial score (nSPS) is 20.2. The maximum absolute atomic E-state index is 13.0. The Morgan fingerprint density at radius 1 is 1.29 bits per heavy atom. The van der Waals surface area contributed by atoms with E-state index in [1.54, 1.807) is 10.7 Å². The molecule has 1 aromatic carbocycles. The number of anilines is 1. The molecule has 2 aliphatic rings. The highest BCUT2D eigenvalue weighted by molar-refractivity contribution is 6.01. The number of fused-ring (bicyclic) bond motifs is 1. The van der Waals surface area contributed by atoms with Gasteiger partial charge in [0.1, 0.15) is 17.4 Å². The summed E-state index contributed by atoms with van der Waals surface area (Å²) in [6, 6.07) is 3.78. The van der Waals surface area contributed by atoms with Crippen LogP contribution in [0.15, 0.2) is 35.7 Å². The monoisotopic (exact) mass is 383 g/mol. The van der Waals surface area contributed by atoms with E-state index < -0.39 is 12.0 Å². The maximum Gasteiger partial charge on any atom is 0.343 e. The van der Waals surface area contributed by atoms with Gasteiger partial charge in [-0.2, -0.15) is 5.10 Å². The molecule has 0 unspecified atom stereocenters. The Bertz CT molecular complexity index is 1030. The van der Waals surface area contributed by atoms with E-state index in [1.165, 1.54) is 25.4 Å². The van der Waals surface area contributed by atoms with Gasteiger partial charge in [0.2, 0.25) is 0 Å². The summed E-state index contributed by atoms with van der Waals surface area (Å²) in [5.41, 5.74) is 1.91. The van der Waals surface area contributed by atoms with Gasteiger partial charge in [-0.1, -0.05) is 19.9 Å². The van der Waals surface area contributed by atoms with Crippen molar-refractivity contribution in [3.63, 3.8) is 0 Å². The van der Waals surface area contributed by atoms with Crippen molar-refractivity contribution >= 4 is 17.6 Å². The van der Waals surface area contributed by atoms with Crippen LogP contribution in [-0.2, 0) is 9.53 Å². The van der Waals surface area contributed by atoms with Crippen molar-refractivity contribution in [2.75, 3.05) is 12.4 Å². The van der Waals surface area contributed by atoms with E-state index in [4.69, 9.17) is 4.74 Å². The highest BCUT2D eigenvalue weighted by atomic mass is 16.5. The van der Waals surface area contributed by atoms with Gasteiger partial charge >= 0.3 is 5.97 Å². The van der Waals surface area contributed by atoms with Crippen LogP contribution in [0.2, 0.25) is 0 Å². The molecule has 2 aromatic rings. The Balaban J connectivity index is 1.94. The van der Waals surface area contributed by atoms with Gasteiger partial charge in [0, 0.05) is 17.7 Å². The number of Topliss-reactive ketones (excluding diaryl/α,β-unsaturated/α-hetero) is 1. The van der Waals surface area contributed by atoms with Crippen molar-refractivity contribution in [2.24, 2.45) is 5.41 Å². The van der Waals surface area contributed by atoms with Crippen molar-refractivity contribution < 1.29 is 24.5 Å². The summed E-state index contributed by atoms with van der Waals surface area (Å²) >= 11 is 0. The first-order valence-corrected chi connectivity index (χ1v) is 8.93. The highest BCUT2D eigenvalue weighted by Crippen LogP contribution is 2.47. The Labute approximate surface area is 161 Å². The Morgan fingerprint density at radius 2 is 2.04 bits per heavy atom. The average molecular weight is 383 g/mol. The molecule has 1 aliphatic carbocycles. The number of hydrogen-bond donors (Lipinski definition) is 3. The number of ketones is 1. The fourth-order valence-electron chi connectivity index (χ4n) is 3.99.